The zero-order valence-corrected chi connectivity index (χ0v) is 11.0. The molecule has 0 aliphatic carbocycles. The normalized spacial score (nSPS) is 10.8. The van der Waals surface area contributed by atoms with Gasteiger partial charge in [0.15, 0.2) is 0 Å². The Morgan fingerprint density at radius 1 is 1.00 bits per heavy atom. The Morgan fingerprint density at radius 2 is 1.68 bits per heavy atom. The van der Waals surface area contributed by atoms with Gasteiger partial charge in [0.05, 0.1) is 0 Å². The molecule has 2 aromatic rings. The van der Waals surface area contributed by atoms with Crippen LogP contribution in [0.5, 0.6) is 5.75 Å². The highest BCUT2D eigenvalue weighted by atomic mass is 16.3. The molecule has 0 atom stereocenters. The van der Waals surface area contributed by atoms with E-state index in [2.05, 4.69) is 24.1 Å². The molecule has 0 aliphatic heterocycles. The monoisotopic (exact) mass is 253 g/mol. The lowest BCUT2D eigenvalue weighted by Crippen LogP contribution is -2.23. The number of hydrogen-bond acceptors (Lipinski definition) is 2. The fourth-order valence-corrected chi connectivity index (χ4v) is 2.28. The average molecular weight is 253 g/mol. The molecular formula is C17H19NO. The van der Waals surface area contributed by atoms with Crippen LogP contribution in [-0.2, 0) is 6.54 Å². The molecule has 1 N–H and O–H groups in total. The van der Waals surface area contributed by atoms with Crippen LogP contribution in [0, 0.1) is 0 Å². The molecule has 2 heteroatoms. The summed E-state index contributed by atoms with van der Waals surface area (Å²) in [4.78, 5) is 2.18. The summed E-state index contributed by atoms with van der Waals surface area (Å²) in [6, 6.07) is 11.8. The van der Waals surface area contributed by atoms with E-state index in [1.54, 1.807) is 6.07 Å². The van der Waals surface area contributed by atoms with E-state index < -0.39 is 0 Å². The van der Waals surface area contributed by atoms with Crippen LogP contribution in [0.25, 0.3) is 10.8 Å². The summed E-state index contributed by atoms with van der Waals surface area (Å²) in [7, 11) is 0. The Morgan fingerprint density at radius 3 is 2.37 bits per heavy atom. The molecule has 0 saturated heterocycles. The number of fused-ring (bicyclic) bond motifs is 1. The van der Waals surface area contributed by atoms with E-state index in [1.165, 1.54) is 0 Å². The van der Waals surface area contributed by atoms with Crippen molar-refractivity contribution in [2.45, 2.75) is 6.54 Å². The van der Waals surface area contributed by atoms with E-state index >= 15 is 0 Å². The molecule has 0 aromatic heterocycles. The molecule has 0 aliphatic rings. The number of nitrogens with zero attached hydrogens (tertiary/aromatic N) is 1. The fraction of sp³-hybridized carbons (Fsp3) is 0.176. The van der Waals surface area contributed by atoms with Crippen LogP contribution in [0.3, 0.4) is 0 Å². The number of aromatic hydroxyl groups is 1. The van der Waals surface area contributed by atoms with E-state index in [0.717, 1.165) is 29.4 Å². The smallest absolute Gasteiger partial charge is 0.120 e. The average Bonchev–Trinajstić information content (AvgIpc) is 2.42. The van der Waals surface area contributed by atoms with Crippen molar-refractivity contribution in [1.29, 1.82) is 0 Å². The van der Waals surface area contributed by atoms with Gasteiger partial charge in [0, 0.05) is 25.2 Å². The van der Waals surface area contributed by atoms with Gasteiger partial charge < -0.3 is 5.11 Å². The van der Waals surface area contributed by atoms with Gasteiger partial charge in [-0.05, 0) is 16.8 Å². The van der Waals surface area contributed by atoms with Gasteiger partial charge >= 0.3 is 0 Å². The lowest BCUT2D eigenvalue weighted by molar-refractivity contribution is 0.322. The summed E-state index contributed by atoms with van der Waals surface area (Å²) >= 11 is 0. The summed E-state index contributed by atoms with van der Waals surface area (Å²) in [5.41, 5.74) is 0.960. The Kier molecular flexibility index (Phi) is 4.37. The quantitative estimate of drug-likeness (QED) is 0.793. The minimum absolute atomic E-state index is 0.344. The predicted octanol–water partition coefficient (Wildman–Crippen LogP) is 3.72. The predicted molar refractivity (Wildman–Crippen MR) is 81.3 cm³/mol. The molecule has 2 rings (SSSR count). The van der Waals surface area contributed by atoms with Crippen molar-refractivity contribution in [1.82, 2.24) is 4.90 Å². The van der Waals surface area contributed by atoms with E-state index in [1.807, 2.05) is 36.4 Å². The van der Waals surface area contributed by atoms with Crippen LogP contribution in [0.15, 0.2) is 61.7 Å². The summed E-state index contributed by atoms with van der Waals surface area (Å²) in [5, 5.41) is 12.4. The number of rotatable bonds is 6. The van der Waals surface area contributed by atoms with Crippen molar-refractivity contribution >= 4 is 10.8 Å². The van der Waals surface area contributed by atoms with Crippen LogP contribution in [0.1, 0.15) is 5.56 Å². The zero-order valence-electron chi connectivity index (χ0n) is 11.0. The standard InChI is InChI=1S/C17H19NO/c1-3-11-18(12-4-2)13-16-15-8-6-5-7-14(15)9-10-17(16)19/h3-10,19H,1-2,11-13H2. The van der Waals surface area contributed by atoms with Crippen molar-refractivity contribution in [3.8, 4) is 5.75 Å². The molecule has 0 amide bonds. The van der Waals surface area contributed by atoms with Gasteiger partial charge in [-0.15, -0.1) is 13.2 Å². The number of phenolic OH excluding ortho intramolecular Hbond substituents is 1. The minimum Gasteiger partial charge on any atom is -0.508 e. The highest BCUT2D eigenvalue weighted by Gasteiger charge is 2.10. The van der Waals surface area contributed by atoms with Gasteiger partial charge in [0.25, 0.3) is 0 Å². The maximum absolute atomic E-state index is 10.1. The summed E-state index contributed by atoms with van der Waals surface area (Å²) in [5.74, 6) is 0.344. The number of phenols is 1. The van der Waals surface area contributed by atoms with Crippen LogP contribution in [-0.4, -0.2) is 23.1 Å². The molecule has 0 radical (unpaired) electrons. The van der Waals surface area contributed by atoms with Gasteiger partial charge in [0.1, 0.15) is 5.75 Å². The van der Waals surface area contributed by atoms with E-state index in [-0.39, 0.29) is 0 Å². The molecule has 98 valence electrons. The number of hydrogen-bond donors (Lipinski definition) is 1. The van der Waals surface area contributed by atoms with Gasteiger partial charge in [-0.3, -0.25) is 4.90 Å². The van der Waals surface area contributed by atoms with E-state index in [0.29, 0.717) is 12.3 Å². The largest absolute Gasteiger partial charge is 0.508 e. The maximum atomic E-state index is 10.1. The molecular weight excluding hydrogens is 234 g/mol. The molecule has 2 nitrogen and oxygen atoms in total. The first-order chi connectivity index (χ1) is 9.26. The molecule has 0 fully saturated rings. The van der Waals surface area contributed by atoms with E-state index in [9.17, 15) is 5.11 Å². The minimum atomic E-state index is 0.344. The van der Waals surface area contributed by atoms with Crippen molar-refractivity contribution in [2.75, 3.05) is 13.1 Å². The molecule has 0 saturated carbocycles. The SMILES string of the molecule is C=CCN(CC=C)Cc1c(O)ccc2ccccc12. The lowest BCUT2D eigenvalue weighted by atomic mass is 10.0. The van der Waals surface area contributed by atoms with Crippen LogP contribution in [0.2, 0.25) is 0 Å². The topological polar surface area (TPSA) is 23.5 Å². The van der Waals surface area contributed by atoms with E-state index in [4.69, 9.17) is 0 Å². The summed E-state index contributed by atoms with van der Waals surface area (Å²) < 4.78 is 0. The second kappa shape index (κ2) is 6.21. The third-order valence-electron chi connectivity index (χ3n) is 3.17. The first kappa shape index (κ1) is 13.4. The third-order valence-corrected chi connectivity index (χ3v) is 3.17. The van der Waals surface area contributed by atoms with Crippen molar-refractivity contribution in [3.63, 3.8) is 0 Å². The molecule has 0 spiro atoms. The first-order valence-electron chi connectivity index (χ1n) is 6.40. The molecule has 0 unspecified atom stereocenters. The molecule has 2 aromatic carbocycles. The summed E-state index contributed by atoms with van der Waals surface area (Å²) in [6.45, 7) is 9.77. The highest BCUT2D eigenvalue weighted by molar-refractivity contribution is 5.87. The lowest BCUT2D eigenvalue weighted by Gasteiger charge is -2.20. The van der Waals surface area contributed by atoms with Gasteiger partial charge in [-0.1, -0.05) is 42.5 Å². The zero-order chi connectivity index (χ0) is 13.7. The third kappa shape index (κ3) is 3.04. The summed E-state index contributed by atoms with van der Waals surface area (Å²) in [6.07, 6.45) is 3.73. The Labute approximate surface area is 114 Å². The Bertz CT molecular complexity index is 579. The van der Waals surface area contributed by atoms with Crippen LogP contribution in [0.4, 0.5) is 0 Å². The van der Waals surface area contributed by atoms with Crippen molar-refractivity contribution in [2.24, 2.45) is 0 Å². The van der Waals surface area contributed by atoms with Crippen LogP contribution < -0.4 is 0 Å². The fourth-order valence-electron chi connectivity index (χ4n) is 2.28. The number of benzene rings is 2. The van der Waals surface area contributed by atoms with Gasteiger partial charge in [-0.25, -0.2) is 0 Å². The second-order valence-electron chi connectivity index (χ2n) is 4.56. The molecule has 0 bridgehead atoms. The van der Waals surface area contributed by atoms with Crippen LogP contribution >= 0.6 is 0 Å². The maximum Gasteiger partial charge on any atom is 0.120 e. The van der Waals surface area contributed by atoms with Gasteiger partial charge in [-0.2, -0.15) is 0 Å². The molecule has 19 heavy (non-hydrogen) atoms. The van der Waals surface area contributed by atoms with Crippen molar-refractivity contribution < 1.29 is 5.11 Å². The Balaban J connectivity index is 2.39. The highest BCUT2D eigenvalue weighted by Crippen LogP contribution is 2.28. The van der Waals surface area contributed by atoms with Gasteiger partial charge in [0.2, 0.25) is 0 Å². The van der Waals surface area contributed by atoms with Crippen molar-refractivity contribution in [3.05, 3.63) is 67.3 Å². The second-order valence-corrected chi connectivity index (χ2v) is 4.56. The molecule has 0 heterocycles. The Hall–Kier alpha value is -2.06. The first-order valence-corrected chi connectivity index (χ1v) is 6.40.